The Kier molecular flexibility index (Phi) is 7.39. The van der Waals surface area contributed by atoms with Gasteiger partial charge in [0.25, 0.3) is 0 Å². The fraction of sp³-hybridized carbons (Fsp3) is 0.417. The van der Waals surface area contributed by atoms with E-state index in [1.165, 1.54) is 11.0 Å². The molecule has 0 spiro atoms. The van der Waals surface area contributed by atoms with Crippen molar-refractivity contribution in [2.24, 2.45) is 7.05 Å². The number of piperazine rings is 1. The van der Waals surface area contributed by atoms with E-state index < -0.39 is 6.09 Å². The van der Waals surface area contributed by atoms with Crippen LogP contribution >= 0.6 is 0 Å². The molecule has 34 heavy (non-hydrogen) atoms. The molecule has 1 fully saturated rings. The quantitative estimate of drug-likeness (QED) is 0.540. The fourth-order valence-corrected chi connectivity index (χ4v) is 4.13. The van der Waals surface area contributed by atoms with Crippen molar-refractivity contribution in [2.75, 3.05) is 51.2 Å². The minimum Gasteiger partial charge on any atom is -0.465 e. The number of likely N-dealkylation sites (N-methyl/N-ethyl adjacent to an activating group) is 1. The lowest BCUT2D eigenvalue weighted by Crippen LogP contribution is -2.45. The van der Waals surface area contributed by atoms with Crippen LogP contribution in [0.5, 0.6) is 0 Å². The predicted octanol–water partition coefficient (Wildman–Crippen LogP) is 1.68. The highest BCUT2D eigenvalue weighted by Gasteiger charge is 2.17. The van der Waals surface area contributed by atoms with Crippen molar-refractivity contribution in [3.63, 3.8) is 0 Å². The molecular weight excluding hydrogens is 434 g/mol. The van der Waals surface area contributed by atoms with E-state index in [1.54, 1.807) is 27.8 Å². The van der Waals surface area contributed by atoms with Crippen molar-refractivity contribution in [2.45, 2.75) is 12.8 Å². The van der Waals surface area contributed by atoms with Crippen LogP contribution in [0.4, 0.5) is 10.5 Å². The third-order valence-electron chi connectivity index (χ3n) is 6.11. The Bertz CT molecular complexity index is 1180. The topological polar surface area (TPSA) is 99.7 Å². The van der Waals surface area contributed by atoms with Crippen LogP contribution in [0.25, 0.3) is 5.69 Å². The molecule has 3 aromatic rings. The first kappa shape index (κ1) is 23.7. The maximum Gasteiger partial charge on any atom is 0.411 e. The number of benzene rings is 1. The molecule has 0 unspecified atom stereocenters. The lowest BCUT2D eigenvalue weighted by atomic mass is 10.1. The zero-order valence-electron chi connectivity index (χ0n) is 19.7. The number of rotatable bonds is 8. The molecule has 1 N–H and O–H groups in total. The molecule has 10 heteroatoms. The zero-order valence-corrected chi connectivity index (χ0v) is 19.7. The number of carboxylic acid groups (broad SMARTS) is 1. The minimum absolute atomic E-state index is 0.159. The molecule has 0 saturated carbocycles. The summed E-state index contributed by atoms with van der Waals surface area (Å²) in [5.41, 5.74) is 2.42. The second-order valence-corrected chi connectivity index (χ2v) is 8.72. The van der Waals surface area contributed by atoms with E-state index >= 15 is 0 Å². The number of anilines is 1. The third kappa shape index (κ3) is 5.89. The first-order valence-electron chi connectivity index (χ1n) is 11.5. The number of amides is 1. The molecule has 1 aliphatic heterocycles. The molecule has 3 heterocycles. The normalized spacial score (nSPS) is 14.9. The average Bonchev–Trinajstić information content (AvgIpc) is 3.25. The Balaban J connectivity index is 1.45. The molecule has 1 aliphatic rings. The summed E-state index contributed by atoms with van der Waals surface area (Å²) in [4.78, 5) is 30.5. The van der Waals surface area contributed by atoms with Crippen molar-refractivity contribution in [3.8, 4) is 5.69 Å². The largest absolute Gasteiger partial charge is 0.465 e. The van der Waals surface area contributed by atoms with Gasteiger partial charge in [-0.25, -0.2) is 9.48 Å². The molecule has 0 aliphatic carbocycles. The number of hydrogen-bond acceptors (Lipinski definition) is 6. The predicted molar refractivity (Wildman–Crippen MR) is 130 cm³/mol. The van der Waals surface area contributed by atoms with Crippen LogP contribution in [0.3, 0.4) is 0 Å². The summed E-state index contributed by atoms with van der Waals surface area (Å²) in [5, 5.41) is 18.4. The molecular formula is C24H31N7O3. The van der Waals surface area contributed by atoms with Crippen molar-refractivity contribution >= 4 is 11.8 Å². The van der Waals surface area contributed by atoms with Crippen LogP contribution in [0.15, 0.2) is 53.7 Å². The standard InChI is InChI=1S/C24H31N7O3/c1-27-11-13-29(14-12-27)8-4-9-30(24(33)34)20-6-3-5-19(15-20)16-22-23(32)7-10-31(26-22)21-17-25-28(2)18-21/h3,5-7,10,15,17-18H,4,8-9,11-14,16H2,1-2H3,(H,33,34). The SMILES string of the molecule is CN1CCN(CCCN(C(=O)O)c2cccc(Cc3nn(-c4cnn(C)c4)ccc3=O)c2)CC1. The van der Waals surface area contributed by atoms with E-state index in [0.29, 0.717) is 24.3 Å². The molecule has 4 rings (SSSR count). The Morgan fingerprint density at radius 3 is 2.65 bits per heavy atom. The minimum atomic E-state index is -0.979. The van der Waals surface area contributed by atoms with E-state index in [-0.39, 0.29) is 5.43 Å². The zero-order chi connectivity index (χ0) is 24.1. The molecule has 1 saturated heterocycles. The maximum absolute atomic E-state index is 12.4. The highest BCUT2D eigenvalue weighted by molar-refractivity contribution is 5.86. The summed E-state index contributed by atoms with van der Waals surface area (Å²) in [6, 6.07) is 8.81. The van der Waals surface area contributed by atoms with Crippen LogP contribution in [0.2, 0.25) is 0 Å². The summed E-state index contributed by atoms with van der Waals surface area (Å²) >= 11 is 0. The molecule has 180 valence electrons. The molecule has 0 bridgehead atoms. The molecule has 1 aromatic carbocycles. The Morgan fingerprint density at radius 1 is 1.15 bits per heavy atom. The molecule has 0 atom stereocenters. The first-order valence-corrected chi connectivity index (χ1v) is 11.5. The summed E-state index contributed by atoms with van der Waals surface area (Å²) in [6.07, 6.45) is 5.20. The Labute approximate surface area is 198 Å². The third-order valence-corrected chi connectivity index (χ3v) is 6.11. The van der Waals surface area contributed by atoms with E-state index in [9.17, 15) is 14.7 Å². The average molecular weight is 466 g/mol. The van der Waals surface area contributed by atoms with E-state index in [1.807, 2.05) is 31.4 Å². The monoisotopic (exact) mass is 465 g/mol. The number of aryl methyl sites for hydroxylation is 1. The van der Waals surface area contributed by atoms with Gasteiger partial charge in [-0.15, -0.1) is 0 Å². The number of nitrogens with zero attached hydrogens (tertiary/aromatic N) is 7. The smallest absolute Gasteiger partial charge is 0.411 e. The number of carbonyl (C=O) groups is 1. The summed E-state index contributed by atoms with van der Waals surface area (Å²) in [5.74, 6) is 0. The van der Waals surface area contributed by atoms with E-state index in [2.05, 4.69) is 27.0 Å². The number of aromatic nitrogens is 4. The van der Waals surface area contributed by atoms with E-state index in [4.69, 9.17) is 0 Å². The highest BCUT2D eigenvalue weighted by atomic mass is 16.4. The van der Waals surface area contributed by atoms with Crippen molar-refractivity contribution in [3.05, 3.63) is 70.4 Å². The van der Waals surface area contributed by atoms with Gasteiger partial charge < -0.3 is 14.9 Å². The fourth-order valence-electron chi connectivity index (χ4n) is 4.13. The van der Waals surface area contributed by atoms with Gasteiger partial charge in [-0.05, 0) is 37.7 Å². The van der Waals surface area contributed by atoms with Gasteiger partial charge in [0.1, 0.15) is 11.4 Å². The Morgan fingerprint density at radius 2 is 1.94 bits per heavy atom. The molecule has 0 radical (unpaired) electrons. The van der Waals surface area contributed by atoms with Crippen LogP contribution in [-0.4, -0.2) is 86.9 Å². The van der Waals surface area contributed by atoms with Crippen molar-refractivity contribution in [1.82, 2.24) is 29.4 Å². The van der Waals surface area contributed by atoms with Gasteiger partial charge in [0.05, 0.1) is 12.4 Å². The molecule has 2 aromatic heterocycles. The highest BCUT2D eigenvalue weighted by Crippen LogP contribution is 2.19. The van der Waals surface area contributed by atoms with Gasteiger partial charge in [0.2, 0.25) is 5.43 Å². The van der Waals surface area contributed by atoms with Crippen LogP contribution in [0.1, 0.15) is 17.7 Å². The van der Waals surface area contributed by atoms with Gasteiger partial charge in [-0.2, -0.15) is 10.2 Å². The van der Waals surface area contributed by atoms with Gasteiger partial charge >= 0.3 is 6.09 Å². The second-order valence-electron chi connectivity index (χ2n) is 8.72. The summed E-state index contributed by atoms with van der Waals surface area (Å²) in [7, 11) is 3.94. The van der Waals surface area contributed by atoms with Gasteiger partial charge in [-0.1, -0.05) is 12.1 Å². The lowest BCUT2D eigenvalue weighted by molar-refractivity contribution is 0.153. The molecule has 1 amide bonds. The van der Waals surface area contributed by atoms with Gasteiger partial charge in [-0.3, -0.25) is 14.4 Å². The van der Waals surface area contributed by atoms with Gasteiger partial charge in [0.15, 0.2) is 0 Å². The van der Waals surface area contributed by atoms with E-state index in [0.717, 1.165) is 50.4 Å². The van der Waals surface area contributed by atoms with Gasteiger partial charge in [0, 0.05) is 64.1 Å². The second kappa shape index (κ2) is 10.6. The number of hydrogen-bond donors (Lipinski definition) is 1. The lowest BCUT2D eigenvalue weighted by Gasteiger charge is -2.32. The maximum atomic E-state index is 12.4. The van der Waals surface area contributed by atoms with Crippen LogP contribution < -0.4 is 10.3 Å². The Hall–Kier alpha value is -3.50. The van der Waals surface area contributed by atoms with Crippen molar-refractivity contribution in [1.29, 1.82) is 0 Å². The van der Waals surface area contributed by atoms with Crippen molar-refractivity contribution < 1.29 is 9.90 Å². The summed E-state index contributed by atoms with van der Waals surface area (Å²) < 4.78 is 3.29. The summed E-state index contributed by atoms with van der Waals surface area (Å²) in [6.45, 7) is 5.41. The molecule has 10 nitrogen and oxygen atoms in total. The van der Waals surface area contributed by atoms with Crippen LogP contribution in [0, 0.1) is 0 Å². The first-order chi connectivity index (χ1) is 16.4. The van der Waals surface area contributed by atoms with Crippen LogP contribution in [-0.2, 0) is 13.5 Å².